The minimum atomic E-state index is -0.599. The Balaban J connectivity index is 1.78. The van der Waals surface area contributed by atoms with Crippen LogP contribution in [0.25, 0.3) is 0 Å². The van der Waals surface area contributed by atoms with Crippen molar-refractivity contribution in [3.05, 3.63) is 48.3 Å². The fourth-order valence-corrected chi connectivity index (χ4v) is 2.70. The topological polar surface area (TPSA) is 91.5 Å². The summed E-state index contributed by atoms with van der Waals surface area (Å²) >= 11 is 0. The van der Waals surface area contributed by atoms with Crippen molar-refractivity contribution in [3.63, 3.8) is 0 Å². The number of anilines is 2. The van der Waals surface area contributed by atoms with E-state index in [2.05, 4.69) is 10.3 Å². The third kappa shape index (κ3) is 3.15. The Kier molecular flexibility index (Phi) is 4.33. The molecule has 2 aromatic rings. The van der Waals surface area contributed by atoms with Crippen molar-refractivity contribution < 1.29 is 19.1 Å². The molecule has 0 aliphatic carbocycles. The molecule has 7 nitrogen and oxygen atoms in total. The average molecular weight is 327 g/mol. The Morgan fingerprint density at radius 3 is 2.79 bits per heavy atom. The quantitative estimate of drug-likeness (QED) is 0.843. The van der Waals surface area contributed by atoms with Gasteiger partial charge in [0.1, 0.15) is 5.69 Å². The average Bonchev–Trinajstić information content (AvgIpc) is 3.04. The number of hydrogen-bond acceptors (Lipinski definition) is 4. The normalized spacial score (nSPS) is 16.8. The van der Waals surface area contributed by atoms with E-state index >= 15 is 0 Å². The van der Waals surface area contributed by atoms with Crippen LogP contribution in [-0.2, 0) is 14.3 Å². The lowest BCUT2D eigenvalue weighted by molar-refractivity contribution is -0.122. The van der Waals surface area contributed by atoms with E-state index in [0.29, 0.717) is 11.4 Å². The second-order valence-electron chi connectivity index (χ2n) is 5.54. The van der Waals surface area contributed by atoms with Gasteiger partial charge in [-0.25, -0.2) is 4.79 Å². The van der Waals surface area contributed by atoms with Crippen LogP contribution in [0.5, 0.6) is 0 Å². The molecular weight excluding hydrogens is 310 g/mol. The minimum Gasteiger partial charge on any atom is -0.451 e. The lowest BCUT2D eigenvalue weighted by Gasteiger charge is -2.27. The number of carbonyl (C=O) groups excluding carboxylic acids is 3. The molecule has 0 saturated heterocycles. The molecule has 1 aliphatic rings. The van der Waals surface area contributed by atoms with E-state index in [-0.39, 0.29) is 30.0 Å². The van der Waals surface area contributed by atoms with Crippen molar-refractivity contribution in [3.8, 4) is 0 Å². The number of hydrogen-bond donors (Lipinski definition) is 2. The number of ether oxygens (including phenoxy) is 1. The summed E-state index contributed by atoms with van der Waals surface area (Å²) in [5, 5.41) is 2.78. The van der Waals surface area contributed by atoms with Gasteiger partial charge in [-0.1, -0.05) is 12.1 Å². The monoisotopic (exact) mass is 327 g/mol. The van der Waals surface area contributed by atoms with Gasteiger partial charge in [0.25, 0.3) is 5.91 Å². The Hall–Kier alpha value is -3.09. The number of rotatable bonds is 3. The number of aromatic nitrogens is 1. The SMILES string of the molecule is C[C@@H]1CC(=O)Nc2ccccc2N1C(=O)COC(=O)c1ccc[nH]1. The van der Waals surface area contributed by atoms with Gasteiger partial charge in [-0.05, 0) is 31.2 Å². The lowest BCUT2D eigenvalue weighted by Crippen LogP contribution is -2.41. The minimum absolute atomic E-state index is 0.159. The smallest absolute Gasteiger partial charge is 0.355 e. The van der Waals surface area contributed by atoms with Crippen LogP contribution >= 0.6 is 0 Å². The number of aromatic amines is 1. The number of amides is 2. The molecule has 0 spiro atoms. The molecule has 0 saturated carbocycles. The molecule has 0 unspecified atom stereocenters. The fraction of sp³-hybridized carbons (Fsp3) is 0.235. The summed E-state index contributed by atoms with van der Waals surface area (Å²) in [6.07, 6.45) is 1.77. The van der Waals surface area contributed by atoms with Crippen LogP contribution < -0.4 is 10.2 Å². The number of para-hydroxylation sites is 2. The van der Waals surface area contributed by atoms with E-state index in [1.54, 1.807) is 49.5 Å². The second kappa shape index (κ2) is 6.57. The summed E-state index contributed by atoms with van der Waals surface area (Å²) < 4.78 is 5.07. The Bertz CT molecular complexity index is 770. The van der Waals surface area contributed by atoms with Crippen molar-refractivity contribution in [2.24, 2.45) is 0 Å². The number of nitrogens with zero attached hydrogens (tertiary/aromatic N) is 1. The fourth-order valence-electron chi connectivity index (χ4n) is 2.70. The van der Waals surface area contributed by atoms with E-state index < -0.39 is 12.6 Å². The van der Waals surface area contributed by atoms with Crippen LogP contribution in [0, 0.1) is 0 Å². The van der Waals surface area contributed by atoms with Gasteiger partial charge in [0.2, 0.25) is 5.91 Å². The molecule has 1 atom stereocenters. The first-order valence-corrected chi connectivity index (χ1v) is 7.57. The molecule has 24 heavy (non-hydrogen) atoms. The van der Waals surface area contributed by atoms with Gasteiger partial charge in [-0.15, -0.1) is 0 Å². The van der Waals surface area contributed by atoms with Gasteiger partial charge in [0.15, 0.2) is 6.61 Å². The van der Waals surface area contributed by atoms with Crippen LogP contribution in [0.3, 0.4) is 0 Å². The molecule has 7 heteroatoms. The van der Waals surface area contributed by atoms with Crippen molar-refractivity contribution >= 4 is 29.2 Å². The molecule has 0 fully saturated rings. The molecule has 1 aromatic carbocycles. The van der Waals surface area contributed by atoms with Crippen molar-refractivity contribution in [2.75, 3.05) is 16.8 Å². The molecule has 2 heterocycles. The summed E-state index contributed by atoms with van der Waals surface area (Å²) in [6.45, 7) is 1.39. The third-order valence-electron chi connectivity index (χ3n) is 3.77. The van der Waals surface area contributed by atoms with Gasteiger partial charge in [-0.2, -0.15) is 0 Å². The van der Waals surface area contributed by atoms with Crippen molar-refractivity contribution in [1.82, 2.24) is 4.98 Å². The lowest BCUT2D eigenvalue weighted by atomic mass is 10.1. The number of H-pyrrole nitrogens is 1. The standard InChI is InChI=1S/C17H17N3O4/c1-11-9-15(21)19-12-5-2-3-7-14(12)20(11)16(22)10-24-17(23)13-6-4-8-18-13/h2-8,11,18H,9-10H2,1H3,(H,19,21)/t11-/m1/s1. The predicted octanol–water partition coefficient (Wildman–Crippen LogP) is 1.94. The summed E-state index contributed by atoms with van der Waals surface area (Å²) in [7, 11) is 0. The van der Waals surface area contributed by atoms with Crippen LogP contribution in [0.2, 0.25) is 0 Å². The number of esters is 1. The summed E-state index contributed by atoms with van der Waals surface area (Å²) in [5.41, 5.74) is 1.44. The maximum absolute atomic E-state index is 12.6. The number of fused-ring (bicyclic) bond motifs is 1. The van der Waals surface area contributed by atoms with Crippen molar-refractivity contribution in [1.29, 1.82) is 0 Å². The van der Waals surface area contributed by atoms with Gasteiger partial charge >= 0.3 is 5.97 Å². The number of carbonyl (C=O) groups is 3. The molecule has 2 N–H and O–H groups in total. The highest BCUT2D eigenvalue weighted by Crippen LogP contribution is 2.31. The van der Waals surface area contributed by atoms with Gasteiger partial charge in [-0.3, -0.25) is 9.59 Å². The third-order valence-corrected chi connectivity index (χ3v) is 3.77. The maximum Gasteiger partial charge on any atom is 0.355 e. The first-order valence-electron chi connectivity index (χ1n) is 7.57. The molecular formula is C17H17N3O4. The van der Waals surface area contributed by atoms with E-state index in [4.69, 9.17) is 4.74 Å². The van der Waals surface area contributed by atoms with E-state index in [1.807, 2.05) is 0 Å². The van der Waals surface area contributed by atoms with Crippen LogP contribution in [0.1, 0.15) is 23.8 Å². The zero-order valence-corrected chi connectivity index (χ0v) is 13.1. The zero-order valence-electron chi connectivity index (χ0n) is 13.1. The Labute approximate surface area is 138 Å². The van der Waals surface area contributed by atoms with E-state index in [9.17, 15) is 14.4 Å². The van der Waals surface area contributed by atoms with Gasteiger partial charge in [0, 0.05) is 18.7 Å². The van der Waals surface area contributed by atoms with Crippen LogP contribution in [0.15, 0.2) is 42.6 Å². The van der Waals surface area contributed by atoms with Crippen LogP contribution in [-0.4, -0.2) is 35.4 Å². The molecule has 1 aromatic heterocycles. The number of benzene rings is 1. The number of nitrogens with one attached hydrogen (secondary N) is 2. The second-order valence-corrected chi connectivity index (χ2v) is 5.54. The first-order chi connectivity index (χ1) is 11.6. The van der Waals surface area contributed by atoms with E-state index in [1.165, 1.54) is 4.90 Å². The Morgan fingerprint density at radius 1 is 1.25 bits per heavy atom. The molecule has 0 radical (unpaired) electrons. The largest absolute Gasteiger partial charge is 0.451 e. The molecule has 124 valence electrons. The Morgan fingerprint density at radius 2 is 2.04 bits per heavy atom. The van der Waals surface area contributed by atoms with Crippen LogP contribution in [0.4, 0.5) is 11.4 Å². The molecule has 3 rings (SSSR count). The molecule has 2 amide bonds. The zero-order chi connectivity index (χ0) is 17.1. The van der Waals surface area contributed by atoms with E-state index in [0.717, 1.165) is 0 Å². The highest BCUT2D eigenvalue weighted by Gasteiger charge is 2.30. The van der Waals surface area contributed by atoms with Gasteiger partial charge < -0.3 is 19.9 Å². The summed E-state index contributed by atoms with van der Waals surface area (Å²) in [4.78, 5) is 40.6. The highest BCUT2D eigenvalue weighted by molar-refractivity contribution is 6.05. The van der Waals surface area contributed by atoms with Gasteiger partial charge in [0.05, 0.1) is 11.4 Å². The maximum atomic E-state index is 12.6. The predicted molar refractivity (Wildman–Crippen MR) is 87.7 cm³/mol. The summed E-state index contributed by atoms with van der Waals surface area (Å²) in [6, 6.07) is 9.95. The summed E-state index contributed by atoms with van der Waals surface area (Å²) in [5.74, 6) is -1.14. The first kappa shape index (κ1) is 15.8. The molecule has 1 aliphatic heterocycles. The van der Waals surface area contributed by atoms with Crippen molar-refractivity contribution in [2.45, 2.75) is 19.4 Å². The highest BCUT2D eigenvalue weighted by atomic mass is 16.5. The molecule has 0 bridgehead atoms.